The molecular weight excluding hydrogens is 258 g/mol. The van der Waals surface area contributed by atoms with E-state index < -0.39 is 0 Å². The van der Waals surface area contributed by atoms with Gasteiger partial charge in [0.05, 0.1) is 32.9 Å². The summed E-state index contributed by atoms with van der Waals surface area (Å²) in [6.07, 6.45) is 1.79. The Morgan fingerprint density at radius 1 is 1.50 bits per heavy atom. The molecule has 0 atom stereocenters. The molecule has 1 amide bonds. The summed E-state index contributed by atoms with van der Waals surface area (Å²) in [6, 6.07) is 7.74. The molecule has 1 aromatic carbocycles. The van der Waals surface area contributed by atoms with Gasteiger partial charge in [-0.2, -0.15) is 0 Å². The van der Waals surface area contributed by atoms with Crippen LogP contribution in [0.4, 0.5) is 0 Å². The van der Waals surface area contributed by atoms with E-state index in [-0.39, 0.29) is 12.5 Å². The van der Waals surface area contributed by atoms with Gasteiger partial charge in [-0.3, -0.25) is 4.79 Å². The quantitative estimate of drug-likeness (QED) is 0.768. The summed E-state index contributed by atoms with van der Waals surface area (Å²) in [4.78, 5) is 11.0. The summed E-state index contributed by atoms with van der Waals surface area (Å²) in [7, 11) is 1.63. The molecule has 0 spiro atoms. The van der Waals surface area contributed by atoms with Crippen LogP contribution in [-0.4, -0.2) is 34.6 Å². The SMILES string of the molecule is COc1cccc(Cn2cc(CNC(=O)CN)nn2)c1. The Balaban J connectivity index is 1.96. The Kier molecular flexibility index (Phi) is 4.67. The first-order valence-corrected chi connectivity index (χ1v) is 6.20. The summed E-state index contributed by atoms with van der Waals surface area (Å²) in [6.45, 7) is 0.890. The van der Waals surface area contributed by atoms with Gasteiger partial charge in [0.2, 0.25) is 5.91 Å². The van der Waals surface area contributed by atoms with Gasteiger partial charge < -0.3 is 15.8 Å². The van der Waals surface area contributed by atoms with Crippen LogP contribution < -0.4 is 15.8 Å². The molecular formula is C13H17N5O2. The minimum Gasteiger partial charge on any atom is -0.497 e. The van der Waals surface area contributed by atoms with Gasteiger partial charge in [0.25, 0.3) is 0 Å². The van der Waals surface area contributed by atoms with Crippen LogP contribution in [0.5, 0.6) is 5.75 Å². The minimum atomic E-state index is -0.215. The Morgan fingerprint density at radius 3 is 3.10 bits per heavy atom. The van der Waals surface area contributed by atoms with Crippen LogP contribution in [-0.2, 0) is 17.9 Å². The third kappa shape index (κ3) is 3.79. The first-order valence-electron chi connectivity index (χ1n) is 6.20. The van der Waals surface area contributed by atoms with E-state index in [2.05, 4.69) is 15.6 Å². The van der Waals surface area contributed by atoms with E-state index in [1.807, 2.05) is 24.3 Å². The van der Waals surface area contributed by atoms with E-state index in [4.69, 9.17) is 10.5 Å². The normalized spacial score (nSPS) is 10.3. The van der Waals surface area contributed by atoms with Crippen molar-refractivity contribution >= 4 is 5.91 Å². The molecule has 0 aliphatic carbocycles. The molecule has 0 aliphatic heterocycles. The van der Waals surface area contributed by atoms with Gasteiger partial charge in [0, 0.05) is 0 Å². The molecule has 0 aliphatic rings. The predicted molar refractivity (Wildman–Crippen MR) is 73.0 cm³/mol. The van der Waals surface area contributed by atoms with Gasteiger partial charge in [-0.15, -0.1) is 5.10 Å². The van der Waals surface area contributed by atoms with Crippen molar-refractivity contribution in [2.24, 2.45) is 5.73 Å². The Morgan fingerprint density at radius 2 is 2.35 bits per heavy atom. The van der Waals surface area contributed by atoms with Crippen LogP contribution in [0, 0.1) is 0 Å². The highest BCUT2D eigenvalue weighted by molar-refractivity contribution is 5.77. The lowest BCUT2D eigenvalue weighted by molar-refractivity contribution is -0.119. The Bertz CT molecular complexity index is 582. The second-order valence-electron chi connectivity index (χ2n) is 4.24. The summed E-state index contributed by atoms with van der Waals surface area (Å²) in [5, 5.41) is 10.6. The lowest BCUT2D eigenvalue weighted by Gasteiger charge is -2.04. The van der Waals surface area contributed by atoms with Crippen LogP contribution in [0.2, 0.25) is 0 Å². The third-order valence-electron chi connectivity index (χ3n) is 2.72. The summed E-state index contributed by atoms with van der Waals surface area (Å²) >= 11 is 0. The van der Waals surface area contributed by atoms with Gasteiger partial charge in [0.15, 0.2) is 0 Å². The average molecular weight is 275 g/mol. The van der Waals surface area contributed by atoms with Crippen molar-refractivity contribution < 1.29 is 9.53 Å². The number of aromatic nitrogens is 3. The second kappa shape index (κ2) is 6.67. The second-order valence-corrected chi connectivity index (χ2v) is 4.24. The Labute approximate surface area is 116 Å². The molecule has 106 valence electrons. The number of amides is 1. The van der Waals surface area contributed by atoms with E-state index in [0.717, 1.165) is 11.3 Å². The van der Waals surface area contributed by atoms with Gasteiger partial charge >= 0.3 is 0 Å². The number of nitrogens with one attached hydrogen (secondary N) is 1. The van der Waals surface area contributed by atoms with Crippen molar-refractivity contribution in [3.8, 4) is 5.75 Å². The van der Waals surface area contributed by atoms with E-state index >= 15 is 0 Å². The van der Waals surface area contributed by atoms with Crippen molar-refractivity contribution in [1.82, 2.24) is 20.3 Å². The zero-order chi connectivity index (χ0) is 14.4. The number of hydrogen-bond acceptors (Lipinski definition) is 5. The molecule has 7 nitrogen and oxygen atoms in total. The largest absolute Gasteiger partial charge is 0.497 e. The fourth-order valence-corrected chi connectivity index (χ4v) is 1.72. The molecule has 1 aromatic heterocycles. The molecule has 0 saturated heterocycles. The fourth-order valence-electron chi connectivity index (χ4n) is 1.72. The number of carbonyl (C=O) groups excluding carboxylic acids is 1. The number of hydrogen-bond donors (Lipinski definition) is 2. The van der Waals surface area contributed by atoms with E-state index in [1.165, 1.54) is 0 Å². The molecule has 2 rings (SSSR count). The summed E-state index contributed by atoms with van der Waals surface area (Å²) in [5.74, 6) is 0.588. The van der Waals surface area contributed by atoms with Gasteiger partial charge in [-0.05, 0) is 17.7 Å². The molecule has 3 N–H and O–H groups in total. The van der Waals surface area contributed by atoms with Crippen molar-refractivity contribution in [1.29, 1.82) is 0 Å². The average Bonchev–Trinajstić information content (AvgIpc) is 2.92. The van der Waals surface area contributed by atoms with E-state index in [9.17, 15) is 4.79 Å². The maximum Gasteiger partial charge on any atom is 0.234 e. The lowest BCUT2D eigenvalue weighted by Crippen LogP contribution is -2.29. The molecule has 0 fully saturated rings. The zero-order valence-corrected chi connectivity index (χ0v) is 11.2. The van der Waals surface area contributed by atoms with Crippen LogP contribution in [0.15, 0.2) is 30.5 Å². The van der Waals surface area contributed by atoms with Crippen LogP contribution in [0.1, 0.15) is 11.3 Å². The minimum absolute atomic E-state index is 0.0298. The summed E-state index contributed by atoms with van der Waals surface area (Å²) in [5.41, 5.74) is 6.96. The predicted octanol–water partition coefficient (Wildman–Crippen LogP) is -0.0901. The summed E-state index contributed by atoms with van der Waals surface area (Å²) < 4.78 is 6.88. The number of ether oxygens (including phenoxy) is 1. The fraction of sp³-hybridized carbons (Fsp3) is 0.308. The van der Waals surface area contributed by atoms with Crippen LogP contribution in [0.25, 0.3) is 0 Å². The monoisotopic (exact) mass is 275 g/mol. The Hall–Kier alpha value is -2.41. The van der Waals surface area contributed by atoms with Crippen LogP contribution >= 0.6 is 0 Å². The van der Waals surface area contributed by atoms with Crippen molar-refractivity contribution in [3.05, 3.63) is 41.7 Å². The number of benzene rings is 1. The lowest BCUT2D eigenvalue weighted by atomic mass is 10.2. The highest BCUT2D eigenvalue weighted by Gasteiger charge is 2.04. The van der Waals surface area contributed by atoms with E-state index in [0.29, 0.717) is 18.8 Å². The molecule has 0 radical (unpaired) electrons. The maximum atomic E-state index is 11.0. The van der Waals surface area contributed by atoms with Crippen LogP contribution in [0.3, 0.4) is 0 Å². The first-order chi connectivity index (χ1) is 9.71. The molecule has 0 bridgehead atoms. The number of carbonyl (C=O) groups is 1. The van der Waals surface area contributed by atoms with Gasteiger partial charge in [-0.25, -0.2) is 4.68 Å². The van der Waals surface area contributed by atoms with Crippen molar-refractivity contribution in [2.45, 2.75) is 13.1 Å². The topological polar surface area (TPSA) is 95.1 Å². The van der Waals surface area contributed by atoms with Gasteiger partial charge in [-0.1, -0.05) is 17.3 Å². The molecule has 0 saturated carbocycles. The highest BCUT2D eigenvalue weighted by atomic mass is 16.5. The van der Waals surface area contributed by atoms with Gasteiger partial charge in [0.1, 0.15) is 11.4 Å². The number of methoxy groups -OCH3 is 1. The number of rotatable bonds is 6. The van der Waals surface area contributed by atoms with Crippen molar-refractivity contribution in [2.75, 3.05) is 13.7 Å². The highest BCUT2D eigenvalue weighted by Crippen LogP contribution is 2.13. The molecule has 7 heteroatoms. The first kappa shape index (κ1) is 14.0. The smallest absolute Gasteiger partial charge is 0.234 e. The maximum absolute atomic E-state index is 11.0. The van der Waals surface area contributed by atoms with Crippen molar-refractivity contribution in [3.63, 3.8) is 0 Å². The molecule has 20 heavy (non-hydrogen) atoms. The molecule has 2 aromatic rings. The standard InChI is InChI=1S/C13H17N5O2/c1-20-12-4-2-3-10(5-12)8-18-9-11(16-17-18)7-15-13(19)6-14/h2-5,9H,6-8,14H2,1H3,(H,15,19). The number of nitrogens with two attached hydrogens (primary N) is 1. The number of nitrogens with zero attached hydrogens (tertiary/aromatic N) is 3. The molecule has 1 heterocycles. The zero-order valence-electron chi connectivity index (χ0n) is 11.2. The molecule has 0 unspecified atom stereocenters. The third-order valence-corrected chi connectivity index (χ3v) is 2.72. The van der Waals surface area contributed by atoms with E-state index in [1.54, 1.807) is 18.0 Å².